The van der Waals surface area contributed by atoms with E-state index in [1.165, 1.54) is 0 Å². The maximum absolute atomic E-state index is 12.7. The zero-order valence-electron chi connectivity index (χ0n) is 19.2. The highest BCUT2D eigenvalue weighted by atomic mass is 35.5. The summed E-state index contributed by atoms with van der Waals surface area (Å²) in [6, 6.07) is 19.0. The molecule has 0 saturated heterocycles. The molecule has 2 aromatic carbocycles. The van der Waals surface area contributed by atoms with E-state index in [-0.39, 0.29) is 5.91 Å². The Balaban J connectivity index is 1.43. The van der Waals surface area contributed by atoms with Gasteiger partial charge in [0.15, 0.2) is 11.5 Å². The van der Waals surface area contributed by atoms with Crippen LogP contribution in [0.25, 0.3) is 16.9 Å². The van der Waals surface area contributed by atoms with Crippen molar-refractivity contribution in [1.29, 1.82) is 0 Å². The minimum atomic E-state index is -0.177. The van der Waals surface area contributed by atoms with E-state index in [0.29, 0.717) is 22.8 Å². The van der Waals surface area contributed by atoms with Crippen LogP contribution in [0.4, 0.5) is 5.69 Å². The largest absolute Gasteiger partial charge is 0.322 e. The molecule has 0 aliphatic heterocycles. The van der Waals surface area contributed by atoms with Crippen molar-refractivity contribution in [3.63, 3.8) is 0 Å². The van der Waals surface area contributed by atoms with Gasteiger partial charge in [0.2, 0.25) is 0 Å². The monoisotopic (exact) mass is 469 g/mol. The smallest absolute Gasteiger partial charge is 0.255 e. The lowest BCUT2D eigenvalue weighted by atomic mass is 10.1. The lowest BCUT2D eigenvalue weighted by molar-refractivity contribution is 0.102. The minimum absolute atomic E-state index is 0.177. The number of benzene rings is 2. The van der Waals surface area contributed by atoms with Gasteiger partial charge in [-0.2, -0.15) is 5.10 Å². The molecule has 3 aromatic heterocycles. The van der Waals surface area contributed by atoms with Crippen molar-refractivity contribution in [3.8, 4) is 5.82 Å². The van der Waals surface area contributed by atoms with Gasteiger partial charge in [0, 0.05) is 34.4 Å². The molecule has 0 saturated carbocycles. The van der Waals surface area contributed by atoms with Crippen LogP contribution in [0.15, 0.2) is 73.1 Å². The van der Waals surface area contributed by atoms with Crippen molar-refractivity contribution in [1.82, 2.24) is 19.3 Å². The molecule has 0 fully saturated rings. The third kappa shape index (κ3) is 4.20. The number of halogens is 1. The number of pyridine rings is 1. The van der Waals surface area contributed by atoms with Crippen molar-refractivity contribution < 1.29 is 4.79 Å². The second kappa shape index (κ2) is 8.80. The van der Waals surface area contributed by atoms with Gasteiger partial charge in [-0.25, -0.2) is 9.67 Å². The molecule has 0 aliphatic carbocycles. The molecule has 34 heavy (non-hydrogen) atoms. The van der Waals surface area contributed by atoms with Crippen LogP contribution in [-0.4, -0.2) is 25.2 Å². The second-order valence-electron chi connectivity index (χ2n) is 8.46. The Morgan fingerprint density at radius 1 is 0.971 bits per heavy atom. The normalized spacial score (nSPS) is 11.2. The van der Waals surface area contributed by atoms with Gasteiger partial charge in [0.25, 0.3) is 5.91 Å². The molecule has 0 spiro atoms. The van der Waals surface area contributed by atoms with E-state index in [0.717, 1.165) is 39.2 Å². The van der Waals surface area contributed by atoms with E-state index in [4.69, 9.17) is 21.7 Å². The number of hydrogen-bond acceptors (Lipinski definition) is 3. The minimum Gasteiger partial charge on any atom is -0.322 e. The van der Waals surface area contributed by atoms with Gasteiger partial charge in [0.1, 0.15) is 0 Å². The summed E-state index contributed by atoms with van der Waals surface area (Å²) < 4.78 is 3.93. The maximum Gasteiger partial charge on any atom is 0.255 e. The molecular weight excluding hydrogens is 446 g/mol. The van der Waals surface area contributed by atoms with E-state index in [2.05, 4.69) is 18.3 Å². The highest BCUT2D eigenvalue weighted by molar-refractivity contribution is 6.31. The maximum atomic E-state index is 12.7. The summed E-state index contributed by atoms with van der Waals surface area (Å²) in [5.41, 5.74) is 6.20. The summed E-state index contributed by atoms with van der Waals surface area (Å²) >= 11 is 6.07. The summed E-state index contributed by atoms with van der Waals surface area (Å²) in [6.07, 6.45) is 3.97. The van der Waals surface area contributed by atoms with E-state index in [1.807, 2.05) is 78.0 Å². The first-order valence-corrected chi connectivity index (χ1v) is 11.4. The fraction of sp³-hybridized carbons (Fsp3) is 0.148. The van der Waals surface area contributed by atoms with Gasteiger partial charge in [0.05, 0.1) is 11.9 Å². The molecule has 1 amide bonds. The standard InChI is InChI=1S/C27H24ClN5O/c1-17-6-11-22(28)15-23(17)30-27(34)21-9-7-20(8-10-21)16-33-25-24(18(2)14-19(3)29-25)26(31-33)32-12-4-5-13-32/h4-15H,16H2,1-3H3,(H,30,34). The molecule has 0 aliphatic rings. The molecule has 3 heterocycles. The Bertz CT molecular complexity index is 1500. The number of carbonyl (C=O) groups excluding carboxylic acids is 1. The first-order valence-electron chi connectivity index (χ1n) is 11.0. The number of anilines is 1. The van der Waals surface area contributed by atoms with Crippen LogP contribution in [0, 0.1) is 20.8 Å². The molecule has 6 nitrogen and oxygen atoms in total. The third-order valence-corrected chi connectivity index (χ3v) is 6.09. The summed E-state index contributed by atoms with van der Waals surface area (Å²) in [5, 5.41) is 9.45. The Labute approximate surface area is 202 Å². The van der Waals surface area contributed by atoms with Gasteiger partial charge in [-0.3, -0.25) is 4.79 Å². The predicted octanol–water partition coefficient (Wildman–Crippen LogP) is 6.10. The van der Waals surface area contributed by atoms with Gasteiger partial charge < -0.3 is 9.88 Å². The van der Waals surface area contributed by atoms with Crippen LogP contribution in [0.1, 0.15) is 32.7 Å². The molecule has 0 atom stereocenters. The predicted molar refractivity (Wildman–Crippen MR) is 136 cm³/mol. The molecule has 5 rings (SSSR count). The zero-order valence-corrected chi connectivity index (χ0v) is 20.0. The van der Waals surface area contributed by atoms with Crippen LogP contribution in [0.2, 0.25) is 5.02 Å². The first kappa shape index (κ1) is 21.9. The topological polar surface area (TPSA) is 64.7 Å². The van der Waals surface area contributed by atoms with Crippen molar-refractivity contribution in [2.24, 2.45) is 0 Å². The van der Waals surface area contributed by atoms with Crippen molar-refractivity contribution in [2.45, 2.75) is 27.3 Å². The van der Waals surface area contributed by atoms with Crippen LogP contribution in [0.3, 0.4) is 0 Å². The quantitative estimate of drug-likeness (QED) is 0.338. The van der Waals surface area contributed by atoms with E-state index in [1.54, 1.807) is 12.1 Å². The van der Waals surface area contributed by atoms with Crippen molar-refractivity contribution >= 4 is 34.2 Å². The van der Waals surface area contributed by atoms with Crippen LogP contribution in [-0.2, 0) is 6.54 Å². The fourth-order valence-corrected chi connectivity index (χ4v) is 4.29. The van der Waals surface area contributed by atoms with E-state index >= 15 is 0 Å². The Morgan fingerprint density at radius 3 is 2.44 bits per heavy atom. The number of hydrogen-bond donors (Lipinski definition) is 1. The molecule has 0 radical (unpaired) electrons. The Kier molecular flexibility index (Phi) is 5.67. The van der Waals surface area contributed by atoms with Gasteiger partial charge >= 0.3 is 0 Å². The first-order chi connectivity index (χ1) is 16.4. The summed E-state index contributed by atoms with van der Waals surface area (Å²) in [6.45, 7) is 6.56. The Hall–Kier alpha value is -3.90. The number of nitrogens with zero attached hydrogens (tertiary/aromatic N) is 4. The average Bonchev–Trinajstić information content (AvgIpc) is 3.45. The van der Waals surface area contributed by atoms with Crippen LogP contribution < -0.4 is 5.32 Å². The van der Waals surface area contributed by atoms with E-state index < -0.39 is 0 Å². The van der Waals surface area contributed by atoms with Gasteiger partial charge in [-0.1, -0.05) is 29.8 Å². The molecule has 170 valence electrons. The second-order valence-corrected chi connectivity index (χ2v) is 8.90. The average molecular weight is 470 g/mol. The van der Waals surface area contributed by atoms with Gasteiger partial charge in [-0.05, 0) is 79.9 Å². The zero-order chi connectivity index (χ0) is 23.8. The molecule has 5 aromatic rings. The number of amides is 1. The molecule has 0 bridgehead atoms. The summed E-state index contributed by atoms with van der Waals surface area (Å²) in [5.74, 6) is 0.683. The Morgan fingerprint density at radius 2 is 1.71 bits per heavy atom. The van der Waals surface area contributed by atoms with E-state index in [9.17, 15) is 4.79 Å². The highest BCUT2D eigenvalue weighted by Gasteiger charge is 2.16. The molecule has 0 unspecified atom stereocenters. The SMILES string of the molecule is Cc1cc(C)c2c(-n3cccc3)nn(Cc3ccc(C(=O)Nc4cc(Cl)ccc4C)cc3)c2n1. The van der Waals surface area contributed by atoms with Crippen molar-refractivity contribution in [3.05, 3.63) is 106 Å². The summed E-state index contributed by atoms with van der Waals surface area (Å²) in [7, 11) is 0. The molecule has 7 heteroatoms. The number of carbonyl (C=O) groups is 1. The third-order valence-electron chi connectivity index (χ3n) is 5.85. The number of aryl methyl sites for hydroxylation is 3. The highest BCUT2D eigenvalue weighted by Crippen LogP contribution is 2.26. The van der Waals surface area contributed by atoms with Crippen LogP contribution >= 0.6 is 11.6 Å². The lowest BCUT2D eigenvalue weighted by Crippen LogP contribution is -2.13. The van der Waals surface area contributed by atoms with Crippen molar-refractivity contribution in [2.75, 3.05) is 5.32 Å². The molecular formula is C27H24ClN5O. The fourth-order valence-electron chi connectivity index (χ4n) is 4.12. The number of rotatable bonds is 5. The van der Waals surface area contributed by atoms with Gasteiger partial charge in [-0.15, -0.1) is 0 Å². The lowest BCUT2D eigenvalue weighted by Gasteiger charge is -2.10. The molecule has 1 N–H and O–H groups in total. The number of nitrogens with one attached hydrogen (secondary N) is 1. The summed E-state index contributed by atoms with van der Waals surface area (Å²) in [4.78, 5) is 17.5. The number of aromatic nitrogens is 4. The number of fused-ring (bicyclic) bond motifs is 1. The van der Waals surface area contributed by atoms with Crippen LogP contribution in [0.5, 0.6) is 0 Å².